The van der Waals surface area contributed by atoms with Gasteiger partial charge in [-0.05, 0) is 46.0 Å². The van der Waals surface area contributed by atoms with Gasteiger partial charge in [-0.25, -0.2) is 0 Å². The summed E-state index contributed by atoms with van der Waals surface area (Å²) in [6.07, 6.45) is 7.57. The standard InChI is InChI=1S/C16H32NO2/c1-6-16(2,3)15(18)19-13-12-17(4,5)14-10-8-7-9-11-14/h14H,6-13H2,1-5H3/q+1. The lowest BCUT2D eigenvalue weighted by molar-refractivity contribution is -0.916. The first-order chi connectivity index (χ1) is 8.79. The van der Waals surface area contributed by atoms with E-state index < -0.39 is 0 Å². The zero-order valence-electron chi connectivity index (χ0n) is 13.5. The lowest BCUT2D eigenvalue weighted by Gasteiger charge is -2.40. The number of carbonyl (C=O) groups excluding carboxylic acids is 1. The maximum Gasteiger partial charge on any atom is 0.311 e. The lowest BCUT2D eigenvalue weighted by Crippen LogP contribution is -2.51. The van der Waals surface area contributed by atoms with Crippen molar-refractivity contribution >= 4 is 5.97 Å². The fourth-order valence-corrected chi connectivity index (χ4v) is 2.68. The Morgan fingerprint density at radius 1 is 1.21 bits per heavy atom. The summed E-state index contributed by atoms with van der Waals surface area (Å²) in [6.45, 7) is 7.41. The van der Waals surface area contributed by atoms with Gasteiger partial charge < -0.3 is 9.22 Å². The third-order valence-corrected chi connectivity index (χ3v) is 4.90. The second-order valence-corrected chi connectivity index (χ2v) is 7.17. The topological polar surface area (TPSA) is 26.3 Å². The Morgan fingerprint density at radius 3 is 2.32 bits per heavy atom. The van der Waals surface area contributed by atoms with Crippen molar-refractivity contribution in [3.05, 3.63) is 0 Å². The van der Waals surface area contributed by atoms with E-state index >= 15 is 0 Å². The van der Waals surface area contributed by atoms with Crippen LogP contribution < -0.4 is 0 Å². The van der Waals surface area contributed by atoms with Crippen LogP contribution in [-0.2, 0) is 9.53 Å². The first-order valence-electron chi connectivity index (χ1n) is 7.79. The second kappa shape index (κ2) is 6.74. The van der Waals surface area contributed by atoms with E-state index in [1.807, 2.05) is 20.8 Å². The number of rotatable bonds is 6. The number of quaternary nitrogens is 1. The molecule has 0 aliphatic heterocycles. The molecule has 0 N–H and O–H groups in total. The van der Waals surface area contributed by atoms with E-state index in [1.54, 1.807) is 0 Å². The predicted octanol–water partition coefficient (Wildman–Crippen LogP) is 3.37. The molecule has 1 aliphatic rings. The Morgan fingerprint density at radius 2 is 1.79 bits per heavy atom. The van der Waals surface area contributed by atoms with Crippen LogP contribution >= 0.6 is 0 Å². The normalized spacial score (nSPS) is 18.4. The molecule has 3 heteroatoms. The lowest BCUT2D eigenvalue weighted by atomic mass is 9.91. The summed E-state index contributed by atoms with van der Waals surface area (Å²) < 4.78 is 6.46. The summed E-state index contributed by atoms with van der Waals surface area (Å²) >= 11 is 0. The van der Waals surface area contributed by atoms with Gasteiger partial charge in [-0.2, -0.15) is 0 Å². The SMILES string of the molecule is CCC(C)(C)C(=O)OCC[N+](C)(C)C1CCCCC1. The van der Waals surface area contributed by atoms with Crippen LogP contribution in [0.3, 0.4) is 0 Å². The molecule has 0 radical (unpaired) electrons. The Kier molecular flexibility index (Phi) is 5.84. The molecule has 1 saturated carbocycles. The highest BCUT2D eigenvalue weighted by Crippen LogP contribution is 2.26. The molecule has 0 unspecified atom stereocenters. The number of hydrogen-bond acceptors (Lipinski definition) is 2. The van der Waals surface area contributed by atoms with Crippen LogP contribution in [-0.4, -0.2) is 43.7 Å². The van der Waals surface area contributed by atoms with Gasteiger partial charge in [0.15, 0.2) is 0 Å². The number of ether oxygens (including phenoxy) is 1. The molecule has 19 heavy (non-hydrogen) atoms. The molecule has 1 aliphatic carbocycles. The highest BCUT2D eigenvalue weighted by atomic mass is 16.5. The average molecular weight is 270 g/mol. The minimum Gasteiger partial charge on any atom is -0.459 e. The number of esters is 1. The summed E-state index contributed by atoms with van der Waals surface area (Å²) in [4.78, 5) is 11.9. The van der Waals surface area contributed by atoms with Gasteiger partial charge in [-0.15, -0.1) is 0 Å². The van der Waals surface area contributed by atoms with Crippen LogP contribution in [0.4, 0.5) is 0 Å². The molecule has 0 aromatic heterocycles. The summed E-state index contributed by atoms with van der Waals surface area (Å²) in [6, 6.07) is 0.742. The molecule has 0 spiro atoms. The third kappa shape index (κ3) is 4.79. The zero-order chi connectivity index (χ0) is 14.5. The molecule has 0 aromatic rings. The van der Waals surface area contributed by atoms with Gasteiger partial charge in [-0.1, -0.05) is 13.3 Å². The number of carbonyl (C=O) groups is 1. The monoisotopic (exact) mass is 270 g/mol. The van der Waals surface area contributed by atoms with Gasteiger partial charge in [0.05, 0.1) is 25.6 Å². The number of hydrogen-bond donors (Lipinski definition) is 0. The summed E-state index contributed by atoms with van der Waals surface area (Å²) in [5.74, 6) is -0.0568. The molecular weight excluding hydrogens is 238 g/mol. The fourth-order valence-electron chi connectivity index (χ4n) is 2.68. The van der Waals surface area contributed by atoms with Crippen molar-refractivity contribution in [3.8, 4) is 0 Å². The van der Waals surface area contributed by atoms with E-state index in [9.17, 15) is 4.79 Å². The third-order valence-electron chi connectivity index (χ3n) is 4.90. The van der Waals surface area contributed by atoms with Crippen LogP contribution in [0.5, 0.6) is 0 Å². The molecule has 0 amide bonds. The Hall–Kier alpha value is -0.570. The van der Waals surface area contributed by atoms with Gasteiger partial charge in [0.1, 0.15) is 13.2 Å². The fraction of sp³-hybridized carbons (Fsp3) is 0.938. The minimum atomic E-state index is -0.345. The maximum absolute atomic E-state index is 11.9. The highest BCUT2D eigenvalue weighted by molar-refractivity contribution is 5.75. The quantitative estimate of drug-likeness (QED) is 0.546. The highest BCUT2D eigenvalue weighted by Gasteiger charge is 2.31. The minimum absolute atomic E-state index is 0.0568. The summed E-state index contributed by atoms with van der Waals surface area (Å²) in [5, 5.41) is 0. The summed E-state index contributed by atoms with van der Waals surface area (Å²) in [5.41, 5.74) is -0.345. The molecule has 0 atom stereocenters. The van der Waals surface area contributed by atoms with Crippen molar-refractivity contribution in [2.24, 2.45) is 5.41 Å². The molecule has 0 saturated heterocycles. The van der Waals surface area contributed by atoms with Gasteiger partial charge in [-0.3, -0.25) is 4.79 Å². The Balaban J connectivity index is 2.36. The van der Waals surface area contributed by atoms with Crippen LogP contribution in [0.15, 0.2) is 0 Å². The van der Waals surface area contributed by atoms with E-state index in [0.29, 0.717) is 6.61 Å². The smallest absolute Gasteiger partial charge is 0.311 e. The molecule has 0 heterocycles. The van der Waals surface area contributed by atoms with E-state index in [2.05, 4.69) is 14.1 Å². The van der Waals surface area contributed by atoms with E-state index in [1.165, 1.54) is 32.1 Å². The molecule has 3 nitrogen and oxygen atoms in total. The van der Waals surface area contributed by atoms with Crippen molar-refractivity contribution in [1.29, 1.82) is 0 Å². The summed E-state index contributed by atoms with van der Waals surface area (Å²) in [7, 11) is 4.55. The second-order valence-electron chi connectivity index (χ2n) is 7.17. The molecule has 112 valence electrons. The molecule has 1 fully saturated rings. The van der Waals surface area contributed by atoms with Crippen LogP contribution in [0.2, 0.25) is 0 Å². The molecule has 0 aromatic carbocycles. The van der Waals surface area contributed by atoms with Crippen molar-refractivity contribution in [3.63, 3.8) is 0 Å². The van der Waals surface area contributed by atoms with Crippen LogP contribution in [0.25, 0.3) is 0 Å². The predicted molar refractivity (Wildman–Crippen MR) is 78.9 cm³/mol. The first kappa shape index (κ1) is 16.5. The van der Waals surface area contributed by atoms with Gasteiger partial charge in [0.25, 0.3) is 0 Å². The van der Waals surface area contributed by atoms with Gasteiger partial charge in [0, 0.05) is 0 Å². The largest absolute Gasteiger partial charge is 0.459 e. The molecule has 1 rings (SSSR count). The van der Waals surface area contributed by atoms with E-state index in [-0.39, 0.29) is 11.4 Å². The van der Waals surface area contributed by atoms with Crippen molar-refractivity contribution in [2.75, 3.05) is 27.2 Å². The first-order valence-corrected chi connectivity index (χ1v) is 7.79. The van der Waals surface area contributed by atoms with Crippen molar-refractivity contribution in [2.45, 2.75) is 65.3 Å². The zero-order valence-corrected chi connectivity index (χ0v) is 13.5. The average Bonchev–Trinajstić information content (AvgIpc) is 2.39. The van der Waals surface area contributed by atoms with Crippen molar-refractivity contribution in [1.82, 2.24) is 0 Å². The number of nitrogens with zero attached hydrogens (tertiary/aromatic N) is 1. The van der Waals surface area contributed by atoms with E-state index in [0.717, 1.165) is 23.5 Å². The Labute approximate surface area is 118 Å². The molecule has 0 bridgehead atoms. The Bertz CT molecular complexity index is 291. The van der Waals surface area contributed by atoms with E-state index in [4.69, 9.17) is 4.74 Å². The maximum atomic E-state index is 11.9. The number of likely N-dealkylation sites (N-methyl/N-ethyl adjacent to an activating group) is 1. The molecular formula is C16H32NO2+. The van der Waals surface area contributed by atoms with Crippen LogP contribution in [0, 0.1) is 5.41 Å². The van der Waals surface area contributed by atoms with Gasteiger partial charge in [0.2, 0.25) is 0 Å². The van der Waals surface area contributed by atoms with Crippen LogP contribution in [0.1, 0.15) is 59.3 Å². The van der Waals surface area contributed by atoms with Crippen molar-refractivity contribution < 1.29 is 14.0 Å². The van der Waals surface area contributed by atoms with Gasteiger partial charge >= 0.3 is 5.97 Å².